The number of aryl methyl sites for hydroxylation is 2. The van der Waals surface area contributed by atoms with E-state index in [1.54, 1.807) is 11.3 Å². The van der Waals surface area contributed by atoms with Crippen LogP contribution < -0.4 is 4.90 Å². The molecule has 0 radical (unpaired) electrons. The van der Waals surface area contributed by atoms with Gasteiger partial charge < -0.3 is 10.0 Å². The van der Waals surface area contributed by atoms with Gasteiger partial charge in [-0.1, -0.05) is 6.07 Å². The van der Waals surface area contributed by atoms with Gasteiger partial charge in [-0.3, -0.25) is 0 Å². The van der Waals surface area contributed by atoms with E-state index in [1.165, 1.54) is 16.1 Å². The smallest absolute Gasteiger partial charge is 0.166 e. The van der Waals surface area contributed by atoms with E-state index in [9.17, 15) is 5.11 Å². The molecule has 0 atom stereocenters. The van der Waals surface area contributed by atoms with Crippen LogP contribution in [-0.2, 0) is 12.8 Å². The first kappa shape index (κ1) is 14.7. The van der Waals surface area contributed by atoms with E-state index in [4.69, 9.17) is 10.1 Å². The fourth-order valence-corrected chi connectivity index (χ4v) is 4.29. The van der Waals surface area contributed by atoms with E-state index in [1.807, 2.05) is 18.5 Å². The van der Waals surface area contributed by atoms with Crippen LogP contribution in [0.25, 0.3) is 16.1 Å². The molecule has 3 heterocycles. The van der Waals surface area contributed by atoms with Crippen LogP contribution in [0, 0.1) is 6.92 Å². The molecule has 0 amide bonds. The quantitative estimate of drug-likeness (QED) is 0.800. The van der Waals surface area contributed by atoms with Crippen LogP contribution in [0.15, 0.2) is 17.5 Å². The molecule has 0 saturated carbocycles. The Morgan fingerprint density at radius 3 is 3.00 bits per heavy atom. The Morgan fingerprint density at radius 1 is 1.39 bits per heavy atom. The maximum absolute atomic E-state index is 9.34. The third-order valence-electron chi connectivity index (χ3n) is 4.50. The number of aromatic nitrogens is 3. The zero-order chi connectivity index (χ0) is 16.0. The highest BCUT2D eigenvalue weighted by Gasteiger charge is 2.25. The summed E-state index contributed by atoms with van der Waals surface area (Å²) in [4.78, 5) is 8.26. The molecule has 0 aromatic carbocycles. The molecule has 5 nitrogen and oxygen atoms in total. The number of fused-ring (bicyclic) bond motifs is 2. The standard InChI is InChI=1S/C17H20N4OS/c1-11-15(14-7-4-10-23-14)16-18-13-6-3-5-12(13)17(21(16)19-11)20(2)8-9-22/h4,7,10,22H,3,5-6,8-9H2,1-2H3. The van der Waals surface area contributed by atoms with Gasteiger partial charge in [-0.15, -0.1) is 11.3 Å². The van der Waals surface area contributed by atoms with E-state index in [0.29, 0.717) is 6.54 Å². The van der Waals surface area contributed by atoms with Crippen LogP contribution in [0.5, 0.6) is 0 Å². The van der Waals surface area contributed by atoms with Crippen molar-refractivity contribution in [1.29, 1.82) is 0 Å². The summed E-state index contributed by atoms with van der Waals surface area (Å²) in [6.07, 6.45) is 3.21. The normalized spacial score (nSPS) is 13.7. The van der Waals surface area contributed by atoms with E-state index in [2.05, 4.69) is 22.4 Å². The molecule has 0 fully saturated rings. The third kappa shape index (κ3) is 2.24. The van der Waals surface area contributed by atoms with Crippen molar-refractivity contribution in [2.75, 3.05) is 25.1 Å². The van der Waals surface area contributed by atoms with Crippen molar-refractivity contribution in [2.24, 2.45) is 0 Å². The summed E-state index contributed by atoms with van der Waals surface area (Å²) in [5.74, 6) is 1.09. The van der Waals surface area contributed by atoms with Crippen molar-refractivity contribution in [1.82, 2.24) is 14.6 Å². The zero-order valence-corrected chi connectivity index (χ0v) is 14.2. The number of nitrogens with zero attached hydrogens (tertiary/aromatic N) is 4. The maximum atomic E-state index is 9.34. The lowest BCUT2D eigenvalue weighted by atomic mass is 10.2. The number of hydrogen-bond donors (Lipinski definition) is 1. The number of anilines is 1. The highest BCUT2D eigenvalue weighted by molar-refractivity contribution is 7.13. The van der Waals surface area contributed by atoms with Gasteiger partial charge in [-0.25, -0.2) is 4.98 Å². The summed E-state index contributed by atoms with van der Waals surface area (Å²) in [6.45, 7) is 2.77. The number of likely N-dealkylation sites (N-methyl/N-ethyl adjacent to an activating group) is 1. The lowest BCUT2D eigenvalue weighted by molar-refractivity contribution is 0.303. The molecule has 0 unspecified atom stereocenters. The van der Waals surface area contributed by atoms with Crippen LogP contribution >= 0.6 is 11.3 Å². The number of aliphatic hydroxyl groups excluding tert-OH is 1. The average molecular weight is 328 g/mol. The molecule has 3 aromatic rings. The predicted molar refractivity (Wildman–Crippen MR) is 93.4 cm³/mol. The Morgan fingerprint density at radius 2 is 2.26 bits per heavy atom. The summed E-state index contributed by atoms with van der Waals surface area (Å²) in [5, 5.41) is 16.2. The SMILES string of the molecule is Cc1nn2c(N(C)CCO)c3c(nc2c1-c1cccs1)CCC3. The molecular formula is C17H20N4OS. The summed E-state index contributed by atoms with van der Waals surface area (Å²) >= 11 is 1.72. The van der Waals surface area contributed by atoms with Crippen molar-refractivity contribution in [3.8, 4) is 10.4 Å². The summed E-state index contributed by atoms with van der Waals surface area (Å²) in [7, 11) is 2.02. The summed E-state index contributed by atoms with van der Waals surface area (Å²) < 4.78 is 1.98. The van der Waals surface area contributed by atoms with Gasteiger partial charge in [0.25, 0.3) is 0 Å². The molecule has 4 rings (SSSR count). The van der Waals surface area contributed by atoms with Crippen LogP contribution in [0.2, 0.25) is 0 Å². The topological polar surface area (TPSA) is 53.7 Å². The second kappa shape index (κ2) is 5.62. The average Bonchev–Trinajstić information content (AvgIpc) is 3.23. The van der Waals surface area contributed by atoms with Crippen LogP contribution in [-0.4, -0.2) is 39.9 Å². The van der Waals surface area contributed by atoms with Gasteiger partial charge in [-0.05, 0) is 37.6 Å². The van der Waals surface area contributed by atoms with Crippen LogP contribution in [0.3, 0.4) is 0 Å². The molecule has 120 valence electrons. The molecule has 1 aliphatic rings. The molecule has 23 heavy (non-hydrogen) atoms. The third-order valence-corrected chi connectivity index (χ3v) is 5.39. The lowest BCUT2D eigenvalue weighted by Gasteiger charge is -2.22. The summed E-state index contributed by atoms with van der Waals surface area (Å²) in [6, 6.07) is 4.19. The molecule has 6 heteroatoms. The van der Waals surface area contributed by atoms with E-state index in [0.717, 1.165) is 42.0 Å². The van der Waals surface area contributed by atoms with E-state index in [-0.39, 0.29) is 6.61 Å². The Balaban J connectivity index is 2.02. The minimum atomic E-state index is 0.132. The van der Waals surface area contributed by atoms with E-state index < -0.39 is 0 Å². The highest BCUT2D eigenvalue weighted by atomic mass is 32.1. The van der Waals surface area contributed by atoms with Gasteiger partial charge in [0.1, 0.15) is 5.82 Å². The second-order valence-corrected chi connectivity index (χ2v) is 6.98. The van der Waals surface area contributed by atoms with Gasteiger partial charge in [0.05, 0.1) is 17.9 Å². The van der Waals surface area contributed by atoms with Crippen LogP contribution in [0.4, 0.5) is 5.82 Å². The predicted octanol–water partition coefficient (Wildman–Crippen LogP) is 2.68. The fourth-order valence-electron chi connectivity index (χ4n) is 3.47. The first-order valence-electron chi connectivity index (χ1n) is 7.97. The van der Waals surface area contributed by atoms with Crippen molar-refractivity contribution in [3.63, 3.8) is 0 Å². The minimum Gasteiger partial charge on any atom is -0.395 e. The molecule has 1 aliphatic carbocycles. The Kier molecular flexibility index (Phi) is 3.58. The molecular weight excluding hydrogens is 308 g/mol. The highest BCUT2D eigenvalue weighted by Crippen LogP contribution is 2.36. The minimum absolute atomic E-state index is 0.132. The van der Waals surface area contributed by atoms with E-state index >= 15 is 0 Å². The van der Waals surface area contributed by atoms with Crippen molar-refractivity contribution < 1.29 is 5.11 Å². The summed E-state index contributed by atoms with van der Waals surface area (Å²) in [5.41, 5.74) is 5.55. The number of thiophene rings is 1. The fraction of sp³-hybridized carbons (Fsp3) is 0.412. The lowest BCUT2D eigenvalue weighted by Crippen LogP contribution is -2.25. The number of hydrogen-bond acceptors (Lipinski definition) is 5. The molecule has 1 N–H and O–H groups in total. The van der Waals surface area contributed by atoms with Gasteiger partial charge in [0.15, 0.2) is 5.65 Å². The molecule has 0 spiro atoms. The Labute approximate surface area is 139 Å². The molecule has 0 aliphatic heterocycles. The Hall–Kier alpha value is -1.92. The van der Waals surface area contributed by atoms with Gasteiger partial charge >= 0.3 is 0 Å². The second-order valence-electron chi connectivity index (χ2n) is 6.03. The van der Waals surface area contributed by atoms with Gasteiger partial charge in [-0.2, -0.15) is 9.61 Å². The Bertz CT molecular complexity index is 853. The number of rotatable bonds is 4. The van der Waals surface area contributed by atoms with Crippen molar-refractivity contribution >= 4 is 22.8 Å². The monoisotopic (exact) mass is 328 g/mol. The largest absolute Gasteiger partial charge is 0.395 e. The van der Waals surface area contributed by atoms with Crippen molar-refractivity contribution in [2.45, 2.75) is 26.2 Å². The van der Waals surface area contributed by atoms with Gasteiger partial charge in [0.2, 0.25) is 0 Å². The first-order valence-corrected chi connectivity index (χ1v) is 8.85. The molecule has 0 saturated heterocycles. The molecule has 3 aromatic heterocycles. The first-order chi connectivity index (χ1) is 11.2. The maximum Gasteiger partial charge on any atom is 0.166 e. The van der Waals surface area contributed by atoms with Crippen LogP contribution in [0.1, 0.15) is 23.4 Å². The molecule has 0 bridgehead atoms. The van der Waals surface area contributed by atoms with Gasteiger partial charge in [0, 0.05) is 29.7 Å². The zero-order valence-electron chi connectivity index (χ0n) is 13.4. The number of aliphatic hydroxyl groups is 1. The van der Waals surface area contributed by atoms with Crippen molar-refractivity contribution in [3.05, 3.63) is 34.5 Å².